The second-order valence-corrected chi connectivity index (χ2v) is 7.06. The van der Waals surface area contributed by atoms with Gasteiger partial charge in [0.25, 0.3) is 0 Å². The molecule has 25 heavy (non-hydrogen) atoms. The fourth-order valence-corrected chi connectivity index (χ4v) is 3.43. The van der Waals surface area contributed by atoms with Crippen molar-refractivity contribution in [3.8, 4) is 11.3 Å². The molecule has 0 spiro atoms. The molecule has 1 aromatic carbocycles. The number of rotatable bonds is 5. The number of nitrogens with zero attached hydrogens (tertiary/aromatic N) is 3. The van der Waals surface area contributed by atoms with Gasteiger partial charge in [-0.2, -0.15) is 5.10 Å². The molecule has 0 atom stereocenters. The van der Waals surface area contributed by atoms with E-state index in [1.807, 2.05) is 0 Å². The Kier molecular flexibility index (Phi) is 4.60. The summed E-state index contributed by atoms with van der Waals surface area (Å²) in [5.74, 6) is -1.85. The van der Waals surface area contributed by atoms with E-state index in [1.54, 1.807) is 36.3 Å². The number of pyridine rings is 1. The Bertz CT molecular complexity index is 1020. The highest BCUT2D eigenvalue weighted by molar-refractivity contribution is 7.89. The van der Waals surface area contributed by atoms with Crippen molar-refractivity contribution in [1.29, 1.82) is 0 Å². The fourth-order valence-electron chi connectivity index (χ4n) is 2.32. The summed E-state index contributed by atoms with van der Waals surface area (Å²) in [7, 11) is -2.42. The van der Waals surface area contributed by atoms with Crippen LogP contribution in [0.5, 0.6) is 0 Å². The Morgan fingerprint density at radius 1 is 1.16 bits per heavy atom. The van der Waals surface area contributed by atoms with Crippen LogP contribution >= 0.6 is 0 Å². The van der Waals surface area contributed by atoms with E-state index in [-0.39, 0.29) is 6.54 Å². The van der Waals surface area contributed by atoms with Crippen molar-refractivity contribution in [2.45, 2.75) is 11.4 Å². The molecule has 3 rings (SSSR count). The highest BCUT2D eigenvalue weighted by Gasteiger charge is 2.19. The van der Waals surface area contributed by atoms with E-state index in [2.05, 4.69) is 14.8 Å². The molecule has 0 aliphatic carbocycles. The van der Waals surface area contributed by atoms with Gasteiger partial charge in [0, 0.05) is 37.7 Å². The lowest BCUT2D eigenvalue weighted by molar-refractivity contribution is 0.545. The SMILES string of the molecule is Cn1nccc1-c1cncc(CNS(=O)(=O)c2cc(F)ccc2F)c1. The van der Waals surface area contributed by atoms with Crippen molar-refractivity contribution in [2.24, 2.45) is 7.05 Å². The minimum Gasteiger partial charge on any atom is -0.268 e. The van der Waals surface area contributed by atoms with Crippen LogP contribution in [-0.4, -0.2) is 23.2 Å². The summed E-state index contributed by atoms with van der Waals surface area (Å²) in [6.45, 7) is -0.114. The molecule has 2 aromatic heterocycles. The van der Waals surface area contributed by atoms with Gasteiger partial charge in [-0.05, 0) is 35.9 Å². The topological polar surface area (TPSA) is 76.9 Å². The third kappa shape index (κ3) is 3.72. The quantitative estimate of drug-likeness (QED) is 0.753. The van der Waals surface area contributed by atoms with E-state index in [1.165, 1.54) is 6.20 Å². The van der Waals surface area contributed by atoms with Gasteiger partial charge < -0.3 is 0 Å². The first-order valence-corrected chi connectivity index (χ1v) is 8.72. The van der Waals surface area contributed by atoms with Crippen LogP contribution in [0.15, 0.2) is 53.8 Å². The third-order valence-electron chi connectivity index (χ3n) is 3.56. The van der Waals surface area contributed by atoms with Gasteiger partial charge >= 0.3 is 0 Å². The molecule has 6 nitrogen and oxygen atoms in total. The molecule has 0 saturated carbocycles. The van der Waals surface area contributed by atoms with Gasteiger partial charge in [0.1, 0.15) is 16.5 Å². The minimum atomic E-state index is -4.20. The zero-order chi connectivity index (χ0) is 18.0. The molecule has 1 N–H and O–H groups in total. The molecule has 0 saturated heterocycles. The highest BCUT2D eigenvalue weighted by atomic mass is 32.2. The Labute approximate surface area is 143 Å². The van der Waals surface area contributed by atoms with Crippen molar-refractivity contribution in [3.63, 3.8) is 0 Å². The van der Waals surface area contributed by atoms with Crippen LogP contribution in [0.2, 0.25) is 0 Å². The van der Waals surface area contributed by atoms with Gasteiger partial charge in [0.05, 0.1) is 5.69 Å². The average Bonchev–Trinajstić information content (AvgIpc) is 3.01. The summed E-state index contributed by atoms with van der Waals surface area (Å²) in [5, 5.41) is 4.07. The molecule has 2 heterocycles. The lowest BCUT2D eigenvalue weighted by Crippen LogP contribution is -2.24. The second-order valence-electron chi connectivity index (χ2n) is 5.32. The molecule has 0 bridgehead atoms. The zero-order valence-corrected chi connectivity index (χ0v) is 14.0. The summed E-state index contributed by atoms with van der Waals surface area (Å²) < 4.78 is 55.2. The number of hydrogen-bond acceptors (Lipinski definition) is 4. The van der Waals surface area contributed by atoms with Crippen molar-refractivity contribution in [3.05, 3.63) is 66.1 Å². The van der Waals surface area contributed by atoms with Crippen LogP contribution in [0.4, 0.5) is 8.78 Å². The Morgan fingerprint density at radius 3 is 2.68 bits per heavy atom. The van der Waals surface area contributed by atoms with Crippen LogP contribution in [-0.2, 0) is 23.6 Å². The molecule has 0 aliphatic rings. The van der Waals surface area contributed by atoms with Crippen molar-refractivity contribution < 1.29 is 17.2 Å². The van der Waals surface area contributed by atoms with Gasteiger partial charge in [0.2, 0.25) is 10.0 Å². The van der Waals surface area contributed by atoms with Crippen molar-refractivity contribution >= 4 is 10.0 Å². The minimum absolute atomic E-state index is 0.114. The fraction of sp³-hybridized carbons (Fsp3) is 0.125. The molecule has 9 heteroatoms. The standard InChI is InChI=1S/C16H14F2N4O2S/c1-22-15(4-5-20-22)12-6-11(8-19-10-12)9-21-25(23,24)16-7-13(17)2-3-14(16)18/h2-8,10,21H,9H2,1H3. The third-order valence-corrected chi connectivity index (χ3v) is 4.98. The van der Waals surface area contributed by atoms with Crippen LogP contribution in [0.1, 0.15) is 5.56 Å². The lowest BCUT2D eigenvalue weighted by atomic mass is 10.1. The van der Waals surface area contributed by atoms with E-state index in [0.29, 0.717) is 11.6 Å². The van der Waals surface area contributed by atoms with Gasteiger partial charge in [-0.25, -0.2) is 21.9 Å². The van der Waals surface area contributed by atoms with Crippen LogP contribution in [0, 0.1) is 11.6 Å². The maximum Gasteiger partial charge on any atom is 0.243 e. The van der Waals surface area contributed by atoms with Crippen molar-refractivity contribution in [1.82, 2.24) is 19.5 Å². The highest BCUT2D eigenvalue weighted by Crippen LogP contribution is 2.19. The number of aromatic nitrogens is 3. The van der Waals surface area contributed by atoms with Gasteiger partial charge in [-0.3, -0.25) is 9.67 Å². The van der Waals surface area contributed by atoms with Gasteiger partial charge in [-0.1, -0.05) is 0 Å². The Balaban J connectivity index is 1.82. The molecular weight excluding hydrogens is 350 g/mol. The Morgan fingerprint density at radius 2 is 1.96 bits per heavy atom. The molecule has 0 fully saturated rings. The van der Waals surface area contributed by atoms with Gasteiger partial charge in [0.15, 0.2) is 0 Å². The van der Waals surface area contributed by atoms with Crippen LogP contribution in [0.3, 0.4) is 0 Å². The largest absolute Gasteiger partial charge is 0.268 e. The molecule has 0 aliphatic heterocycles. The monoisotopic (exact) mass is 364 g/mol. The summed E-state index contributed by atoms with van der Waals surface area (Å²) in [6.07, 6.45) is 4.75. The summed E-state index contributed by atoms with van der Waals surface area (Å²) in [6, 6.07) is 5.81. The van der Waals surface area contributed by atoms with Gasteiger partial charge in [-0.15, -0.1) is 0 Å². The summed E-state index contributed by atoms with van der Waals surface area (Å²) in [5.41, 5.74) is 2.14. The number of aryl methyl sites for hydroxylation is 1. The van der Waals surface area contributed by atoms with E-state index < -0.39 is 26.6 Å². The van der Waals surface area contributed by atoms with Crippen LogP contribution in [0.25, 0.3) is 11.3 Å². The zero-order valence-electron chi connectivity index (χ0n) is 13.1. The van der Waals surface area contributed by atoms with E-state index in [4.69, 9.17) is 0 Å². The number of hydrogen-bond donors (Lipinski definition) is 1. The molecule has 0 amide bonds. The van der Waals surface area contributed by atoms with E-state index in [0.717, 1.165) is 23.4 Å². The average molecular weight is 364 g/mol. The first kappa shape index (κ1) is 17.2. The predicted octanol–water partition coefficient (Wildman–Crippen LogP) is 2.24. The molecule has 0 unspecified atom stereocenters. The summed E-state index contributed by atoms with van der Waals surface area (Å²) >= 11 is 0. The second kappa shape index (κ2) is 6.69. The van der Waals surface area contributed by atoms with E-state index >= 15 is 0 Å². The summed E-state index contributed by atoms with van der Waals surface area (Å²) in [4.78, 5) is 3.34. The number of halogens is 2. The Hall–Kier alpha value is -2.65. The maximum absolute atomic E-state index is 13.7. The normalized spacial score (nSPS) is 11.6. The number of benzene rings is 1. The van der Waals surface area contributed by atoms with E-state index in [9.17, 15) is 17.2 Å². The predicted molar refractivity (Wildman–Crippen MR) is 86.8 cm³/mol. The molecular formula is C16H14F2N4O2S. The first-order chi connectivity index (χ1) is 11.9. The van der Waals surface area contributed by atoms with Crippen LogP contribution < -0.4 is 4.72 Å². The first-order valence-electron chi connectivity index (χ1n) is 7.24. The lowest BCUT2D eigenvalue weighted by Gasteiger charge is -2.09. The smallest absolute Gasteiger partial charge is 0.243 e. The number of nitrogens with one attached hydrogen (secondary N) is 1. The maximum atomic E-state index is 13.7. The van der Waals surface area contributed by atoms with Crippen molar-refractivity contribution in [2.75, 3.05) is 0 Å². The molecule has 0 radical (unpaired) electrons. The molecule has 3 aromatic rings. The number of sulfonamides is 1. The molecule has 130 valence electrons.